The summed E-state index contributed by atoms with van der Waals surface area (Å²) in [6.07, 6.45) is 0. The van der Waals surface area contributed by atoms with Gasteiger partial charge in [0.2, 0.25) is 0 Å². The Labute approximate surface area is 127 Å². The summed E-state index contributed by atoms with van der Waals surface area (Å²) in [7, 11) is 0. The second-order valence-corrected chi connectivity index (χ2v) is 5.73. The van der Waals surface area contributed by atoms with Crippen molar-refractivity contribution in [3.05, 3.63) is 55.9 Å². The molecular formula is C13H7Br2ClN2. The SMILES string of the molecule is N#Cc1ccc(Nc2cc(Br)ccc2Cl)cc1Br. The summed E-state index contributed by atoms with van der Waals surface area (Å²) in [6.45, 7) is 0. The third kappa shape index (κ3) is 3.05. The van der Waals surface area contributed by atoms with E-state index >= 15 is 0 Å². The molecule has 2 aromatic rings. The van der Waals surface area contributed by atoms with Gasteiger partial charge in [0.15, 0.2) is 0 Å². The molecule has 0 bridgehead atoms. The molecule has 1 N–H and O–H groups in total. The number of hydrogen-bond acceptors (Lipinski definition) is 2. The number of benzene rings is 2. The summed E-state index contributed by atoms with van der Waals surface area (Å²) >= 11 is 12.8. The van der Waals surface area contributed by atoms with E-state index in [4.69, 9.17) is 16.9 Å². The van der Waals surface area contributed by atoms with E-state index in [0.29, 0.717) is 10.6 Å². The van der Waals surface area contributed by atoms with Crippen LogP contribution in [0.15, 0.2) is 45.3 Å². The molecule has 0 radical (unpaired) electrons. The van der Waals surface area contributed by atoms with Crippen molar-refractivity contribution in [1.82, 2.24) is 0 Å². The van der Waals surface area contributed by atoms with Crippen LogP contribution in [0.5, 0.6) is 0 Å². The lowest BCUT2D eigenvalue weighted by Gasteiger charge is -2.09. The zero-order valence-corrected chi connectivity index (χ0v) is 13.0. The molecule has 2 aromatic carbocycles. The molecule has 0 aromatic heterocycles. The normalized spacial score (nSPS) is 9.89. The molecule has 0 fully saturated rings. The fraction of sp³-hybridized carbons (Fsp3) is 0. The lowest BCUT2D eigenvalue weighted by Crippen LogP contribution is -1.92. The van der Waals surface area contributed by atoms with E-state index in [2.05, 4.69) is 43.2 Å². The van der Waals surface area contributed by atoms with Crippen molar-refractivity contribution in [2.45, 2.75) is 0 Å². The van der Waals surface area contributed by atoms with E-state index in [9.17, 15) is 0 Å². The van der Waals surface area contributed by atoms with Crippen LogP contribution in [0.3, 0.4) is 0 Å². The number of anilines is 2. The van der Waals surface area contributed by atoms with Crippen LogP contribution in [0.25, 0.3) is 0 Å². The van der Waals surface area contributed by atoms with Gasteiger partial charge in [0, 0.05) is 14.6 Å². The van der Waals surface area contributed by atoms with Gasteiger partial charge in [-0.15, -0.1) is 0 Å². The molecule has 0 aliphatic rings. The minimum Gasteiger partial charge on any atom is -0.354 e. The molecule has 0 saturated carbocycles. The number of rotatable bonds is 2. The van der Waals surface area contributed by atoms with Crippen LogP contribution < -0.4 is 5.32 Å². The number of nitrogens with one attached hydrogen (secondary N) is 1. The molecule has 0 atom stereocenters. The molecule has 0 heterocycles. The van der Waals surface area contributed by atoms with Crippen molar-refractivity contribution >= 4 is 54.8 Å². The van der Waals surface area contributed by atoms with E-state index in [-0.39, 0.29) is 0 Å². The van der Waals surface area contributed by atoms with E-state index in [1.807, 2.05) is 30.3 Å². The van der Waals surface area contributed by atoms with Gasteiger partial charge < -0.3 is 5.32 Å². The standard InChI is InChI=1S/C13H7Br2ClN2/c14-9-2-4-12(16)13(5-9)18-10-3-1-8(7-17)11(15)6-10/h1-6,18H. The van der Waals surface area contributed by atoms with Crippen LogP contribution in [0, 0.1) is 11.3 Å². The minimum absolute atomic E-state index is 0.598. The molecule has 0 saturated heterocycles. The maximum Gasteiger partial charge on any atom is 0.100 e. The molecule has 18 heavy (non-hydrogen) atoms. The van der Waals surface area contributed by atoms with Crippen molar-refractivity contribution < 1.29 is 0 Å². The first-order valence-corrected chi connectivity index (χ1v) is 6.98. The summed E-state index contributed by atoms with van der Waals surface area (Å²) in [5.41, 5.74) is 2.27. The Hall–Kier alpha value is -1.02. The molecule has 0 unspecified atom stereocenters. The summed E-state index contributed by atoms with van der Waals surface area (Å²) in [5.74, 6) is 0. The highest BCUT2D eigenvalue weighted by molar-refractivity contribution is 9.10. The summed E-state index contributed by atoms with van der Waals surface area (Å²) in [4.78, 5) is 0. The lowest BCUT2D eigenvalue weighted by atomic mass is 10.2. The zero-order valence-electron chi connectivity index (χ0n) is 9.05. The second kappa shape index (κ2) is 5.75. The highest BCUT2D eigenvalue weighted by Gasteiger charge is 2.04. The molecule has 0 aliphatic heterocycles. The first-order valence-electron chi connectivity index (χ1n) is 5.02. The first-order chi connectivity index (χ1) is 8.60. The molecular weight excluding hydrogens is 379 g/mol. The van der Waals surface area contributed by atoms with Gasteiger partial charge in [-0.05, 0) is 52.3 Å². The Kier molecular flexibility index (Phi) is 4.28. The number of nitrogens with zero attached hydrogens (tertiary/aromatic N) is 1. The molecule has 5 heteroatoms. The Morgan fingerprint density at radius 2 is 1.89 bits per heavy atom. The molecule has 90 valence electrons. The van der Waals surface area contributed by atoms with Crippen LogP contribution >= 0.6 is 43.5 Å². The average molecular weight is 386 g/mol. The quantitative estimate of drug-likeness (QED) is 0.742. The van der Waals surface area contributed by atoms with Gasteiger partial charge >= 0.3 is 0 Å². The lowest BCUT2D eigenvalue weighted by molar-refractivity contribution is 1.45. The van der Waals surface area contributed by atoms with Gasteiger partial charge in [-0.2, -0.15) is 5.26 Å². The highest BCUT2D eigenvalue weighted by Crippen LogP contribution is 2.30. The molecule has 0 spiro atoms. The fourth-order valence-corrected chi connectivity index (χ4v) is 2.43. The van der Waals surface area contributed by atoms with E-state index in [1.165, 1.54) is 0 Å². The van der Waals surface area contributed by atoms with Gasteiger partial charge in [-0.1, -0.05) is 27.5 Å². The molecule has 0 aliphatic carbocycles. The number of halogens is 3. The number of hydrogen-bond donors (Lipinski definition) is 1. The Bertz CT molecular complexity index is 635. The predicted molar refractivity (Wildman–Crippen MR) is 81.3 cm³/mol. The van der Waals surface area contributed by atoms with Crippen LogP contribution in [0.2, 0.25) is 5.02 Å². The minimum atomic E-state index is 0.598. The maximum absolute atomic E-state index is 8.85. The molecule has 2 rings (SSSR count). The van der Waals surface area contributed by atoms with Gasteiger partial charge in [-0.3, -0.25) is 0 Å². The predicted octanol–water partition coefficient (Wildman–Crippen LogP) is 5.48. The number of nitriles is 1. The van der Waals surface area contributed by atoms with Gasteiger partial charge in [-0.25, -0.2) is 0 Å². The van der Waals surface area contributed by atoms with E-state index in [0.717, 1.165) is 20.3 Å². The third-order valence-corrected chi connectivity index (χ3v) is 3.78. The Morgan fingerprint density at radius 3 is 2.56 bits per heavy atom. The van der Waals surface area contributed by atoms with E-state index < -0.39 is 0 Å². The first kappa shape index (κ1) is 13.4. The third-order valence-electron chi connectivity index (χ3n) is 2.30. The van der Waals surface area contributed by atoms with Crippen molar-refractivity contribution in [1.29, 1.82) is 5.26 Å². The van der Waals surface area contributed by atoms with Gasteiger partial charge in [0.1, 0.15) is 6.07 Å². The zero-order chi connectivity index (χ0) is 13.1. The van der Waals surface area contributed by atoms with Crippen molar-refractivity contribution in [3.8, 4) is 6.07 Å². The van der Waals surface area contributed by atoms with Crippen molar-refractivity contribution in [2.75, 3.05) is 5.32 Å². The van der Waals surface area contributed by atoms with Crippen LogP contribution in [0.4, 0.5) is 11.4 Å². The van der Waals surface area contributed by atoms with Crippen LogP contribution in [-0.2, 0) is 0 Å². The topological polar surface area (TPSA) is 35.8 Å². The molecule has 0 amide bonds. The van der Waals surface area contributed by atoms with E-state index in [1.54, 1.807) is 6.07 Å². The van der Waals surface area contributed by atoms with Crippen LogP contribution in [-0.4, -0.2) is 0 Å². The summed E-state index contributed by atoms with van der Waals surface area (Å²) in [5, 5.41) is 12.7. The second-order valence-electron chi connectivity index (χ2n) is 3.56. The molecule has 2 nitrogen and oxygen atoms in total. The van der Waals surface area contributed by atoms with Crippen molar-refractivity contribution in [3.63, 3.8) is 0 Å². The average Bonchev–Trinajstić information content (AvgIpc) is 2.34. The highest BCUT2D eigenvalue weighted by atomic mass is 79.9. The van der Waals surface area contributed by atoms with Crippen LogP contribution in [0.1, 0.15) is 5.56 Å². The monoisotopic (exact) mass is 384 g/mol. The van der Waals surface area contributed by atoms with Crippen molar-refractivity contribution in [2.24, 2.45) is 0 Å². The Balaban J connectivity index is 2.32. The summed E-state index contributed by atoms with van der Waals surface area (Å²) in [6, 6.07) is 13.1. The van der Waals surface area contributed by atoms with Gasteiger partial charge in [0.05, 0.1) is 16.3 Å². The fourth-order valence-electron chi connectivity index (χ4n) is 1.43. The maximum atomic E-state index is 8.85. The Morgan fingerprint density at radius 1 is 1.11 bits per heavy atom. The largest absolute Gasteiger partial charge is 0.354 e. The summed E-state index contributed by atoms with van der Waals surface area (Å²) < 4.78 is 1.70. The van der Waals surface area contributed by atoms with Gasteiger partial charge in [0.25, 0.3) is 0 Å². The smallest absolute Gasteiger partial charge is 0.100 e.